The summed E-state index contributed by atoms with van der Waals surface area (Å²) in [6.45, 7) is 0.300. The summed E-state index contributed by atoms with van der Waals surface area (Å²) in [6, 6.07) is 7.38. The Kier molecular flexibility index (Phi) is 5.91. The molecule has 0 aromatic heterocycles. The van der Waals surface area contributed by atoms with Crippen molar-refractivity contribution < 1.29 is 13.2 Å². The standard InChI is InChI=1S/C12H18ClNO3S/c1-14(18(15,16)9-5-8-13)10-11-6-3-4-7-12(11)17-2/h3-4,6-7H,5,8-10H2,1-2H3. The fourth-order valence-electron chi connectivity index (χ4n) is 1.56. The van der Waals surface area contributed by atoms with Gasteiger partial charge in [-0.3, -0.25) is 0 Å². The first kappa shape index (κ1) is 15.3. The molecule has 102 valence electrons. The van der Waals surface area contributed by atoms with Crippen LogP contribution >= 0.6 is 11.6 Å². The minimum Gasteiger partial charge on any atom is -0.496 e. The highest BCUT2D eigenvalue weighted by Crippen LogP contribution is 2.20. The maximum atomic E-state index is 11.9. The number of hydrogen-bond donors (Lipinski definition) is 0. The molecule has 0 saturated heterocycles. The zero-order chi connectivity index (χ0) is 13.6. The molecule has 0 bridgehead atoms. The second-order valence-corrected chi connectivity index (χ2v) is 6.50. The van der Waals surface area contributed by atoms with Gasteiger partial charge in [-0.15, -0.1) is 11.6 Å². The van der Waals surface area contributed by atoms with Crippen LogP contribution in [0.3, 0.4) is 0 Å². The van der Waals surface area contributed by atoms with Crippen molar-refractivity contribution in [3.63, 3.8) is 0 Å². The third kappa shape index (κ3) is 4.15. The molecule has 1 aromatic carbocycles. The molecule has 4 nitrogen and oxygen atoms in total. The van der Waals surface area contributed by atoms with Crippen LogP contribution in [0.25, 0.3) is 0 Å². The van der Waals surface area contributed by atoms with Crippen molar-refractivity contribution in [2.75, 3.05) is 25.8 Å². The third-order valence-corrected chi connectivity index (χ3v) is 4.75. The molecule has 0 amide bonds. The first-order chi connectivity index (χ1) is 8.51. The van der Waals surface area contributed by atoms with Gasteiger partial charge >= 0.3 is 0 Å². The lowest BCUT2D eigenvalue weighted by Crippen LogP contribution is -2.29. The summed E-state index contributed by atoms with van der Waals surface area (Å²) in [6.07, 6.45) is 0.458. The average molecular weight is 292 g/mol. The number of rotatable bonds is 7. The molecule has 0 saturated carbocycles. The van der Waals surface area contributed by atoms with E-state index in [0.29, 0.717) is 24.6 Å². The van der Waals surface area contributed by atoms with E-state index in [9.17, 15) is 8.42 Å². The lowest BCUT2D eigenvalue weighted by atomic mass is 10.2. The van der Waals surface area contributed by atoms with Gasteiger partial charge in [0, 0.05) is 25.0 Å². The molecule has 0 heterocycles. The van der Waals surface area contributed by atoms with E-state index < -0.39 is 10.0 Å². The van der Waals surface area contributed by atoms with Crippen LogP contribution in [0.15, 0.2) is 24.3 Å². The highest BCUT2D eigenvalue weighted by atomic mass is 35.5. The summed E-state index contributed by atoms with van der Waals surface area (Å²) in [5, 5.41) is 0. The van der Waals surface area contributed by atoms with Gasteiger partial charge in [0.2, 0.25) is 10.0 Å². The van der Waals surface area contributed by atoms with Gasteiger partial charge in [0.1, 0.15) is 5.75 Å². The monoisotopic (exact) mass is 291 g/mol. The van der Waals surface area contributed by atoms with Gasteiger partial charge in [0.15, 0.2) is 0 Å². The lowest BCUT2D eigenvalue weighted by molar-refractivity contribution is 0.398. The van der Waals surface area contributed by atoms with E-state index in [-0.39, 0.29) is 5.75 Å². The van der Waals surface area contributed by atoms with Crippen LogP contribution in [0.2, 0.25) is 0 Å². The molecule has 18 heavy (non-hydrogen) atoms. The molecule has 1 aromatic rings. The Balaban J connectivity index is 2.78. The molecule has 0 unspecified atom stereocenters. The number of halogens is 1. The number of nitrogens with zero attached hydrogens (tertiary/aromatic N) is 1. The quantitative estimate of drug-likeness (QED) is 0.723. The summed E-state index contributed by atoms with van der Waals surface area (Å²) in [5.74, 6) is 1.11. The summed E-state index contributed by atoms with van der Waals surface area (Å²) >= 11 is 5.52. The molecular weight excluding hydrogens is 274 g/mol. The number of alkyl halides is 1. The van der Waals surface area contributed by atoms with E-state index in [0.717, 1.165) is 5.56 Å². The molecule has 0 aliphatic rings. The first-order valence-corrected chi connectivity index (χ1v) is 7.77. The van der Waals surface area contributed by atoms with E-state index in [4.69, 9.17) is 16.3 Å². The molecule has 0 aliphatic carbocycles. The van der Waals surface area contributed by atoms with Crippen molar-refractivity contribution in [2.24, 2.45) is 0 Å². The Morgan fingerprint density at radius 1 is 1.33 bits per heavy atom. The number of para-hydroxylation sites is 1. The molecule has 0 spiro atoms. The zero-order valence-electron chi connectivity index (χ0n) is 10.6. The summed E-state index contributed by atoms with van der Waals surface area (Å²) in [5.41, 5.74) is 0.844. The van der Waals surface area contributed by atoms with Crippen molar-refractivity contribution in [1.29, 1.82) is 0 Å². The Morgan fingerprint density at radius 3 is 2.61 bits per heavy atom. The summed E-state index contributed by atoms with van der Waals surface area (Å²) in [4.78, 5) is 0. The van der Waals surface area contributed by atoms with Gasteiger partial charge in [-0.2, -0.15) is 0 Å². The maximum Gasteiger partial charge on any atom is 0.214 e. The van der Waals surface area contributed by atoms with Crippen LogP contribution in [0.4, 0.5) is 0 Å². The predicted octanol–water partition coefficient (Wildman–Crippen LogP) is 2.09. The van der Waals surface area contributed by atoms with Crippen molar-refractivity contribution in [3.05, 3.63) is 29.8 Å². The van der Waals surface area contributed by atoms with Gasteiger partial charge in [-0.1, -0.05) is 18.2 Å². The number of benzene rings is 1. The Morgan fingerprint density at radius 2 is 2.00 bits per heavy atom. The second-order valence-electron chi connectivity index (χ2n) is 3.93. The van der Waals surface area contributed by atoms with Crippen molar-refractivity contribution >= 4 is 21.6 Å². The predicted molar refractivity (Wildman–Crippen MR) is 73.6 cm³/mol. The molecule has 1 rings (SSSR count). The van der Waals surface area contributed by atoms with Gasteiger partial charge < -0.3 is 4.74 Å². The normalized spacial score (nSPS) is 11.8. The third-order valence-electron chi connectivity index (χ3n) is 2.60. The Hall–Kier alpha value is -0.780. The zero-order valence-corrected chi connectivity index (χ0v) is 12.2. The summed E-state index contributed by atoms with van der Waals surface area (Å²) < 4.78 is 30.4. The number of methoxy groups -OCH3 is 1. The van der Waals surface area contributed by atoms with Gasteiger partial charge in [-0.25, -0.2) is 12.7 Å². The molecule has 0 atom stereocenters. The van der Waals surface area contributed by atoms with Crippen LogP contribution in [0.1, 0.15) is 12.0 Å². The number of hydrogen-bond acceptors (Lipinski definition) is 3. The maximum absolute atomic E-state index is 11.9. The second kappa shape index (κ2) is 6.97. The molecular formula is C12H18ClNO3S. The van der Waals surface area contributed by atoms with Gasteiger partial charge in [0.05, 0.1) is 12.9 Å². The van der Waals surface area contributed by atoms with Crippen LogP contribution in [0.5, 0.6) is 5.75 Å². The molecule has 0 radical (unpaired) electrons. The fourth-order valence-corrected chi connectivity index (χ4v) is 3.01. The van der Waals surface area contributed by atoms with E-state index in [1.807, 2.05) is 24.3 Å². The minimum atomic E-state index is -3.25. The smallest absolute Gasteiger partial charge is 0.214 e. The van der Waals surface area contributed by atoms with Crippen LogP contribution < -0.4 is 4.74 Å². The molecule has 0 N–H and O–H groups in total. The lowest BCUT2D eigenvalue weighted by Gasteiger charge is -2.18. The molecule has 0 fully saturated rings. The van der Waals surface area contributed by atoms with Crippen LogP contribution in [0, 0.1) is 0 Å². The van der Waals surface area contributed by atoms with E-state index in [1.54, 1.807) is 14.2 Å². The van der Waals surface area contributed by atoms with Crippen LogP contribution in [-0.4, -0.2) is 38.5 Å². The summed E-state index contributed by atoms with van der Waals surface area (Å²) in [7, 11) is -0.117. The van der Waals surface area contributed by atoms with Crippen LogP contribution in [-0.2, 0) is 16.6 Å². The van der Waals surface area contributed by atoms with Crippen molar-refractivity contribution in [2.45, 2.75) is 13.0 Å². The molecule has 6 heteroatoms. The van der Waals surface area contributed by atoms with Crippen molar-refractivity contribution in [1.82, 2.24) is 4.31 Å². The van der Waals surface area contributed by atoms with E-state index >= 15 is 0 Å². The van der Waals surface area contributed by atoms with E-state index in [2.05, 4.69) is 0 Å². The van der Waals surface area contributed by atoms with Crippen molar-refractivity contribution in [3.8, 4) is 5.75 Å². The SMILES string of the molecule is COc1ccccc1CN(C)S(=O)(=O)CCCCl. The fraction of sp³-hybridized carbons (Fsp3) is 0.500. The highest BCUT2D eigenvalue weighted by molar-refractivity contribution is 7.89. The Bertz CT molecular complexity index is 476. The highest BCUT2D eigenvalue weighted by Gasteiger charge is 2.18. The average Bonchev–Trinajstić information content (AvgIpc) is 2.37. The first-order valence-electron chi connectivity index (χ1n) is 5.63. The number of ether oxygens (including phenoxy) is 1. The molecule has 0 aliphatic heterocycles. The van der Waals surface area contributed by atoms with Gasteiger partial charge in [-0.05, 0) is 12.5 Å². The number of sulfonamides is 1. The minimum absolute atomic E-state index is 0.0716. The van der Waals surface area contributed by atoms with E-state index in [1.165, 1.54) is 4.31 Å². The Labute approximate surface area is 114 Å². The largest absolute Gasteiger partial charge is 0.496 e. The van der Waals surface area contributed by atoms with Gasteiger partial charge in [0.25, 0.3) is 0 Å². The topological polar surface area (TPSA) is 46.6 Å².